The number of carbonyl (C=O) groups excluding carboxylic acids is 2. The average Bonchev–Trinajstić information content (AvgIpc) is 2.89. The molecule has 0 saturated carbocycles. The molecule has 3 aromatic carbocycles. The molecule has 39 heavy (non-hydrogen) atoms. The molecule has 2 amide bonds. The van der Waals surface area contributed by atoms with Gasteiger partial charge in [-0.1, -0.05) is 78.2 Å². The predicted octanol–water partition coefficient (Wildman–Crippen LogP) is 5.83. The van der Waals surface area contributed by atoms with Gasteiger partial charge in [0.25, 0.3) is 10.0 Å². The maximum absolute atomic E-state index is 13.9. The highest BCUT2D eigenvalue weighted by Gasteiger charge is 2.33. The van der Waals surface area contributed by atoms with Gasteiger partial charge in [-0.15, -0.1) is 0 Å². The van der Waals surface area contributed by atoms with Crippen LogP contribution in [0.4, 0.5) is 5.69 Å². The van der Waals surface area contributed by atoms with Gasteiger partial charge in [-0.25, -0.2) is 8.42 Å². The van der Waals surface area contributed by atoms with Crippen LogP contribution in [-0.2, 0) is 26.2 Å². The lowest BCUT2D eigenvalue weighted by Crippen LogP contribution is -2.52. The van der Waals surface area contributed by atoms with Crippen molar-refractivity contribution in [2.24, 2.45) is 0 Å². The molecule has 10 heteroatoms. The van der Waals surface area contributed by atoms with E-state index in [0.717, 1.165) is 21.9 Å². The van der Waals surface area contributed by atoms with Crippen LogP contribution in [0.25, 0.3) is 0 Å². The molecule has 0 radical (unpaired) electrons. The molecule has 3 aromatic rings. The molecule has 0 aliphatic carbocycles. The standard InChI is InChI=1S/C29H33Cl2N3O4S/c1-5-21(3)32-29(36)22(4)33(18-23-11-9-10-20(2)14-23)28(35)19-34(26-16-24(30)15-25(31)17-26)39(37,38)27-12-7-6-8-13-27/h6-17,21-22H,5,18-19H2,1-4H3,(H,32,36)/t21-,22+/m1/s1. The van der Waals surface area contributed by atoms with E-state index in [9.17, 15) is 18.0 Å². The van der Waals surface area contributed by atoms with Gasteiger partial charge in [0.05, 0.1) is 10.6 Å². The van der Waals surface area contributed by atoms with E-state index in [0.29, 0.717) is 0 Å². The van der Waals surface area contributed by atoms with Crippen molar-refractivity contribution in [2.45, 2.75) is 57.6 Å². The van der Waals surface area contributed by atoms with E-state index in [1.54, 1.807) is 25.1 Å². The highest BCUT2D eigenvalue weighted by atomic mass is 35.5. The fourth-order valence-corrected chi connectivity index (χ4v) is 5.92. The Labute approximate surface area is 240 Å². The molecular formula is C29H33Cl2N3O4S. The third-order valence-corrected chi connectivity index (χ3v) is 8.57. The van der Waals surface area contributed by atoms with Gasteiger partial charge in [0.15, 0.2) is 0 Å². The molecule has 0 aliphatic rings. The summed E-state index contributed by atoms with van der Waals surface area (Å²) in [5, 5.41) is 3.36. The topological polar surface area (TPSA) is 86.8 Å². The maximum atomic E-state index is 13.9. The molecule has 7 nitrogen and oxygen atoms in total. The van der Waals surface area contributed by atoms with Crippen LogP contribution in [0.15, 0.2) is 77.7 Å². The number of aryl methyl sites for hydroxylation is 1. The van der Waals surface area contributed by atoms with Gasteiger partial charge in [0.1, 0.15) is 12.6 Å². The van der Waals surface area contributed by atoms with Gasteiger partial charge in [-0.2, -0.15) is 0 Å². The number of anilines is 1. The number of benzene rings is 3. The van der Waals surface area contributed by atoms with E-state index in [1.807, 2.05) is 45.0 Å². The van der Waals surface area contributed by atoms with Crippen molar-refractivity contribution in [2.75, 3.05) is 10.8 Å². The van der Waals surface area contributed by atoms with Crippen LogP contribution in [0, 0.1) is 6.92 Å². The van der Waals surface area contributed by atoms with Gasteiger partial charge in [-0.05, 0) is 63.1 Å². The quantitative estimate of drug-likeness (QED) is 0.305. The summed E-state index contributed by atoms with van der Waals surface area (Å²) in [4.78, 5) is 28.4. The van der Waals surface area contributed by atoms with Crippen LogP contribution in [-0.4, -0.2) is 43.8 Å². The van der Waals surface area contributed by atoms with E-state index in [2.05, 4.69) is 5.32 Å². The van der Waals surface area contributed by atoms with Gasteiger partial charge < -0.3 is 10.2 Å². The Kier molecular flexibility index (Phi) is 10.4. The zero-order valence-electron chi connectivity index (χ0n) is 22.4. The monoisotopic (exact) mass is 589 g/mol. The van der Waals surface area contributed by atoms with Crippen molar-refractivity contribution >= 4 is 50.7 Å². The van der Waals surface area contributed by atoms with E-state index in [4.69, 9.17) is 23.2 Å². The first-order valence-electron chi connectivity index (χ1n) is 12.6. The number of nitrogens with zero attached hydrogens (tertiary/aromatic N) is 2. The Morgan fingerprint density at radius 3 is 2.15 bits per heavy atom. The van der Waals surface area contributed by atoms with Crippen molar-refractivity contribution in [3.8, 4) is 0 Å². The third-order valence-electron chi connectivity index (χ3n) is 6.35. The zero-order valence-corrected chi connectivity index (χ0v) is 24.7. The average molecular weight is 591 g/mol. The van der Waals surface area contributed by atoms with E-state index in [-0.39, 0.29) is 39.1 Å². The summed E-state index contributed by atoms with van der Waals surface area (Å²) in [7, 11) is -4.20. The van der Waals surface area contributed by atoms with Crippen LogP contribution in [0.1, 0.15) is 38.3 Å². The Bertz CT molecular complexity index is 1400. The molecular weight excluding hydrogens is 557 g/mol. The van der Waals surface area contributed by atoms with Crippen molar-refractivity contribution in [3.05, 3.63) is 94.0 Å². The van der Waals surface area contributed by atoms with Crippen LogP contribution >= 0.6 is 23.2 Å². The lowest BCUT2D eigenvalue weighted by atomic mass is 10.1. The minimum Gasteiger partial charge on any atom is -0.352 e. The van der Waals surface area contributed by atoms with Crippen molar-refractivity contribution in [3.63, 3.8) is 0 Å². The number of hydrogen-bond donors (Lipinski definition) is 1. The fourth-order valence-electron chi connectivity index (χ4n) is 3.99. The van der Waals surface area contributed by atoms with Crippen molar-refractivity contribution in [1.29, 1.82) is 0 Å². The largest absolute Gasteiger partial charge is 0.352 e. The number of amides is 2. The lowest BCUT2D eigenvalue weighted by molar-refractivity contribution is -0.139. The van der Waals surface area contributed by atoms with Gasteiger partial charge in [0.2, 0.25) is 11.8 Å². The summed E-state index contributed by atoms with van der Waals surface area (Å²) >= 11 is 12.4. The lowest BCUT2D eigenvalue weighted by Gasteiger charge is -2.32. The molecule has 0 spiro atoms. The second-order valence-electron chi connectivity index (χ2n) is 9.46. The summed E-state index contributed by atoms with van der Waals surface area (Å²) in [6.45, 7) is 6.96. The summed E-state index contributed by atoms with van der Waals surface area (Å²) in [5.41, 5.74) is 1.95. The predicted molar refractivity (Wildman–Crippen MR) is 157 cm³/mol. The molecule has 0 aromatic heterocycles. The first-order chi connectivity index (χ1) is 18.4. The third kappa shape index (κ3) is 7.97. The van der Waals surface area contributed by atoms with E-state index >= 15 is 0 Å². The molecule has 0 saturated heterocycles. The second-order valence-corrected chi connectivity index (χ2v) is 12.2. The Balaban J connectivity index is 2.05. The molecule has 208 valence electrons. The smallest absolute Gasteiger partial charge is 0.264 e. The Morgan fingerprint density at radius 2 is 1.56 bits per heavy atom. The minimum absolute atomic E-state index is 0.00157. The Hall–Kier alpha value is -3.07. The number of carbonyl (C=O) groups is 2. The van der Waals surface area contributed by atoms with Crippen LogP contribution in [0.3, 0.4) is 0 Å². The van der Waals surface area contributed by atoms with Crippen LogP contribution < -0.4 is 9.62 Å². The Morgan fingerprint density at radius 1 is 0.923 bits per heavy atom. The van der Waals surface area contributed by atoms with Crippen LogP contribution in [0.2, 0.25) is 10.0 Å². The van der Waals surface area contributed by atoms with Gasteiger partial charge in [-0.3, -0.25) is 13.9 Å². The van der Waals surface area contributed by atoms with Gasteiger partial charge >= 0.3 is 0 Å². The van der Waals surface area contributed by atoms with Crippen molar-refractivity contribution < 1.29 is 18.0 Å². The summed E-state index contributed by atoms with van der Waals surface area (Å²) in [5.74, 6) is -0.882. The fraction of sp³-hybridized carbons (Fsp3) is 0.310. The van der Waals surface area contributed by atoms with E-state index in [1.165, 1.54) is 35.2 Å². The molecule has 3 rings (SSSR count). The number of halogens is 2. The zero-order chi connectivity index (χ0) is 28.7. The minimum atomic E-state index is -4.20. The van der Waals surface area contributed by atoms with Crippen molar-refractivity contribution in [1.82, 2.24) is 10.2 Å². The normalized spacial score (nSPS) is 12.9. The number of rotatable bonds is 11. The van der Waals surface area contributed by atoms with Crippen LogP contribution in [0.5, 0.6) is 0 Å². The number of hydrogen-bond acceptors (Lipinski definition) is 4. The molecule has 0 heterocycles. The number of sulfonamides is 1. The molecule has 0 bridgehead atoms. The highest BCUT2D eigenvalue weighted by Crippen LogP contribution is 2.30. The number of nitrogens with one attached hydrogen (secondary N) is 1. The highest BCUT2D eigenvalue weighted by molar-refractivity contribution is 7.92. The first-order valence-corrected chi connectivity index (χ1v) is 14.8. The second kappa shape index (κ2) is 13.3. The summed E-state index contributed by atoms with van der Waals surface area (Å²) in [6.07, 6.45) is 0.725. The molecule has 0 fully saturated rings. The van der Waals surface area contributed by atoms with E-state index < -0.39 is 28.5 Å². The molecule has 1 N–H and O–H groups in total. The SMILES string of the molecule is CC[C@@H](C)NC(=O)[C@H](C)N(Cc1cccc(C)c1)C(=O)CN(c1cc(Cl)cc(Cl)c1)S(=O)(=O)c1ccccc1. The first kappa shape index (κ1) is 30.5. The molecule has 0 unspecified atom stereocenters. The summed E-state index contributed by atoms with van der Waals surface area (Å²) < 4.78 is 28.6. The maximum Gasteiger partial charge on any atom is 0.264 e. The molecule has 2 atom stereocenters. The molecule has 0 aliphatic heterocycles. The summed E-state index contributed by atoms with van der Waals surface area (Å²) in [6, 6.07) is 18.8. The van der Waals surface area contributed by atoms with Gasteiger partial charge in [0, 0.05) is 22.6 Å².